The Kier molecular flexibility index (Phi) is 5.41. The topological polar surface area (TPSA) is 58.0 Å². The maximum absolute atomic E-state index is 14.4. The van der Waals surface area contributed by atoms with E-state index in [1.165, 1.54) is 0 Å². The molecular weight excluding hydrogens is 451 g/mol. The van der Waals surface area contributed by atoms with E-state index in [-0.39, 0.29) is 17.5 Å². The number of alkyl halides is 3. The number of fused-ring (bicyclic) bond motifs is 1. The summed E-state index contributed by atoms with van der Waals surface area (Å²) in [4.78, 5) is 4.40. The number of benzene rings is 2. The lowest BCUT2D eigenvalue weighted by molar-refractivity contribution is -0.269. The van der Waals surface area contributed by atoms with Crippen molar-refractivity contribution in [2.24, 2.45) is 11.0 Å². The van der Waals surface area contributed by atoms with E-state index in [1.807, 2.05) is 30.3 Å². The molecule has 5 rings (SSSR count). The molecule has 2 heterocycles. The lowest BCUT2D eigenvalue weighted by Gasteiger charge is -2.39. The Morgan fingerprint density at radius 2 is 1.85 bits per heavy atom. The lowest BCUT2D eigenvalue weighted by Crippen LogP contribution is -2.60. The minimum absolute atomic E-state index is 0.0128. The van der Waals surface area contributed by atoms with Gasteiger partial charge in [0.05, 0.1) is 18.7 Å². The quantitative estimate of drug-likeness (QED) is 0.518. The highest BCUT2D eigenvalue weighted by Crippen LogP contribution is 2.52. The number of halogens is 3. The van der Waals surface area contributed by atoms with Crippen molar-refractivity contribution in [2.75, 3.05) is 12.1 Å². The van der Waals surface area contributed by atoms with Crippen LogP contribution in [0.3, 0.4) is 0 Å². The van der Waals surface area contributed by atoms with E-state index in [0.717, 1.165) is 22.5 Å². The molecule has 0 bridgehead atoms. The normalized spacial score (nSPS) is 25.0. The Labute approximate surface area is 193 Å². The van der Waals surface area contributed by atoms with Gasteiger partial charge in [-0.05, 0) is 55.0 Å². The van der Waals surface area contributed by atoms with Crippen LogP contribution in [-0.4, -0.2) is 34.8 Å². The molecule has 0 radical (unpaired) electrons. The van der Waals surface area contributed by atoms with Crippen LogP contribution in [0.4, 0.5) is 18.3 Å². The summed E-state index contributed by atoms with van der Waals surface area (Å²) >= 11 is 1.03. The molecule has 0 spiro atoms. The van der Waals surface area contributed by atoms with E-state index in [9.17, 15) is 18.3 Å². The third kappa shape index (κ3) is 3.69. The van der Waals surface area contributed by atoms with Crippen LogP contribution >= 0.6 is 11.3 Å². The standard InChI is InChI=1S/C24H22F3N3O2S/c1-32-18-10-7-16(8-11-18)21-14-33-22(28-21)30-23(31,24(25,26)27)19-13-17(9-12-20(19)29-30)15-5-3-2-4-6-15/h2-8,10-11,14,17,19,31H,9,12-13H2,1H3/t17-,19+,23-/m1/s1. The van der Waals surface area contributed by atoms with Gasteiger partial charge in [0.2, 0.25) is 5.13 Å². The predicted octanol–water partition coefficient (Wildman–Crippen LogP) is 5.83. The van der Waals surface area contributed by atoms with Crippen LogP contribution in [0.2, 0.25) is 0 Å². The molecule has 1 aliphatic carbocycles. The van der Waals surface area contributed by atoms with Crippen molar-refractivity contribution < 1.29 is 23.0 Å². The molecular formula is C24H22F3N3O2S. The summed E-state index contributed by atoms with van der Waals surface area (Å²) in [5, 5.41) is 17.8. The minimum atomic E-state index is -4.91. The molecule has 0 amide bonds. The summed E-state index contributed by atoms with van der Waals surface area (Å²) in [5.74, 6) is -0.552. The van der Waals surface area contributed by atoms with Crippen LogP contribution in [0.1, 0.15) is 30.7 Å². The molecule has 33 heavy (non-hydrogen) atoms. The van der Waals surface area contributed by atoms with Gasteiger partial charge in [0.1, 0.15) is 5.75 Å². The summed E-state index contributed by atoms with van der Waals surface area (Å²) in [6.45, 7) is 0. The number of nitrogens with zero attached hydrogens (tertiary/aromatic N) is 3. The SMILES string of the molecule is COc1ccc(-c2csc(N3N=C4CC[C@@H](c5ccccc5)C[C@@H]4[C@@]3(O)C(F)(F)F)n2)cc1. The van der Waals surface area contributed by atoms with Gasteiger partial charge >= 0.3 is 6.18 Å². The van der Waals surface area contributed by atoms with Crippen LogP contribution in [0.5, 0.6) is 5.75 Å². The smallest absolute Gasteiger partial charge is 0.439 e. The van der Waals surface area contributed by atoms with E-state index < -0.39 is 17.8 Å². The van der Waals surface area contributed by atoms with Crippen LogP contribution in [-0.2, 0) is 0 Å². The van der Waals surface area contributed by atoms with Crippen molar-refractivity contribution in [2.45, 2.75) is 37.1 Å². The molecule has 9 heteroatoms. The summed E-state index contributed by atoms with van der Waals surface area (Å²) in [7, 11) is 1.56. The number of hydrazone groups is 1. The fourth-order valence-electron chi connectivity index (χ4n) is 4.69. The number of methoxy groups -OCH3 is 1. The first-order chi connectivity index (χ1) is 15.8. The highest BCUT2D eigenvalue weighted by atomic mass is 32.1. The number of hydrogen-bond acceptors (Lipinski definition) is 6. The predicted molar refractivity (Wildman–Crippen MR) is 122 cm³/mol. The monoisotopic (exact) mass is 473 g/mol. The fourth-order valence-corrected chi connectivity index (χ4v) is 5.53. The number of hydrogen-bond donors (Lipinski definition) is 1. The highest BCUT2D eigenvalue weighted by Gasteiger charge is 2.68. The van der Waals surface area contributed by atoms with Gasteiger partial charge in [0.15, 0.2) is 0 Å². The Hall–Kier alpha value is -2.91. The molecule has 2 aromatic carbocycles. The Morgan fingerprint density at radius 3 is 2.52 bits per heavy atom. The van der Waals surface area contributed by atoms with Gasteiger partial charge in [0.25, 0.3) is 5.72 Å². The second-order valence-corrected chi connectivity index (χ2v) is 9.14. The zero-order chi connectivity index (χ0) is 23.2. The van der Waals surface area contributed by atoms with Crippen LogP contribution < -0.4 is 9.75 Å². The minimum Gasteiger partial charge on any atom is -0.497 e. The van der Waals surface area contributed by atoms with Gasteiger partial charge < -0.3 is 9.84 Å². The molecule has 1 aromatic heterocycles. The second kappa shape index (κ2) is 8.14. The van der Waals surface area contributed by atoms with E-state index in [2.05, 4.69) is 10.1 Å². The Morgan fingerprint density at radius 1 is 1.12 bits per heavy atom. The van der Waals surface area contributed by atoms with E-state index >= 15 is 0 Å². The average molecular weight is 474 g/mol. The van der Waals surface area contributed by atoms with Crippen molar-refractivity contribution in [1.29, 1.82) is 0 Å². The fraction of sp³-hybridized carbons (Fsp3) is 0.333. The molecule has 0 saturated heterocycles. The maximum Gasteiger partial charge on any atom is 0.439 e. The molecule has 2 aliphatic rings. The molecule has 1 saturated carbocycles. The number of aliphatic hydroxyl groups is 1. The van der Waals surface area contributed by atoms with Crippen molar-refractivity contribution >= 4 is 22.2 Å². The number of ether oxygens (including phenoxy) is 1. The zero-order valence-corrected chi connectivity index (χ0v) is 18.6. The van der Waals surface area contributed by atoms with Crippen LogP contribution in [0.15, 0.2) is 65.1 Å². The Bertz CT molecular complexity index is 1160. The Balaban J connectivity index is 1.48. The van der Waals surface area contributed by atoms with Gasteiger partial charge in [-0.2, -0.15) is 23.3 Å². The molecule has 1 N–H and O–H groups in total. The third-order valence-electron chi connectivity index (χ3n) is 6.46. The average Bonchev–Trinajstić information content (AvgIpc) is 3.43. The molecule has 1 aliphatic heterocycles. The van der Waals surface area contributed by atoms with E-state index in [0.29, 0.717) is 35.0 Å². The molecule has 3 aromatic rings. The molecule has 3 atom stereocenters. The van der Waals surface area contributed by atoms with Gasteiger partial charge in [-0.25, -0.2) is 4.98 Å². The molecule has 1 fully saturated rings. The van der Waals surface area contributed by atoms with E-state index in [4.69, 9.17) is 4.74 Å². The van der Waals surface area contributed by atoms with Crippen LogP contribution in [0, 0.1) is 5.92 Å². The highest BCUT2D eigenvalue weighted by molar-refractivity contribution is 7.14. The largest absolute Gasteiger partial charge is 0.497 e. The van der Waals surface area contributed by atoms with E-state index in [1.54, 1.807) is 36.8 Å². The summed E-state index contributed by atoms with van der Waals surface area (Å²) in [6, 6.07) is 16.6. The summed E-state index contributed by atoms with van der Waals surface area (Å²) in [6.07, 6.45) is -3.65. The summed E-state index contributed by atoms with van der Waals surface area (Å²) < 4.78 is 48.3. The number of rotatable bonds is 4. The van der Waals surface area contributed by atoms with Crippen molar-refractivity contribution in [3.63, 3.8) is 0 Å². The number of thiazole rings is 1. The van der Waals surface area contributed by atoms with Crippen molar-refractivity contribution in [3.05, 3.63) is 65.5 Å². The maximum atomic E-state index is 14.4. The van der Waals surface area contributed by atoms with Crippen LogP contribution in [0.25, 0.3) is 11.3 Å². The number of aromatic nitrogens is 1. The first-order valence-corrected chi connectivity index (χ1v) is 11.5. The second-order valence-electron chi connectivity index (χ2n) is 8.31. The van der Waals surface area contributed by atoms with Gasteiger partial charge in [0, 0.05) is 16.7 Å². The third-order valence-corrected chi connectivity index (χ3v) is 7.27. The summed E-state index contributed by atoms with van der Waals surface area (Å²) in [5.41, 5.74) is -0.523. The molecule has 5 nitrogen and oxygen atoms in total. The van der Waals surface area contributed by atoms with Gasteiger partial charge in [-0.15, -0.1) is 11.3 Å². The van der Waals surface area contributed by atoms with Gasteiger partial charge in [-0.3, -0.25) is 0 Å². The molecule has 0 unspecified atom stereocenters. The van der Waals surface area contributed by atoms with Gasteiger partial charge in [-0.1, -0.05) is 30.3 Å². The first-order valence-electron chi connectivity index (χ1n) is 10.6. The van der Waals surface area contributed by atoms with Crippen molar-refractivity contribution in [3.8, 4) is 17.0 Å². The lowest BCUT2D eigenvalue weighted by atomic mass is 9.73. The molecule has 172 valence electrons. The number of anilines is 1. The first kappa shape index (κ1) is 21.9. The van der Waals surface area contributed by atoms with Crippen molar-refractivity contribution in [1.82, 2.24) is 4.98 Å². The zero-order valence-electron chi connectivity index (χ0n) is 17.8.